The number of nitrogens with two attached hydrogens (primary N) is 1. The number of rotatable bonds is 5. The maximum atomic E-state index is 5.96. The fraction of sp³-hybridized carbons (Fsp3) is 0.250. The minimum absolute atomic E-state index is 0.629. The summed E-state index contributed by atoms with van der Waals surface area (Å²) in [7, 11) is 0. The number of aromatic nitrogens is 2. The lowest BCUT2D eigenvalue weighted by Gasteiger charge is -2.04. The minimum atomic E-state index is 0.629. The number of hydrogen-bond acceptors (Lipinski definition) is 3. The van der Waals surface area contributed by atoms with E-state index in [1.165, 1.54) is 0 Å². The molecular formula is C12H14ClN3S. The second-order valence-electron chi connectivity index (χ2n) is 3.69. The first kappa shape index (κ1) is 12.3. The summed E-state index contributed by atoms with van der Waals surface area (Å²) in [5.74, 6) is 1.05. The number of imidazole rings is 1. The molecule has 1 aromatic carbocycles. The van der Waals surface area contributed by atoms with Crippen LogP contribution >= 0.6 is 23.4 Å². The van der Waals surface area contributed by atoms with Crippen LogP contribution in [0.4, 0.5) is 5.69 Å². The fourth-order valence-electron chi connectivity index (χ4n) is 1.45. The predicted molar refractivity (Wildman–Crippen MR) is 73.4 cm³/mol. The van der Waals surface area contributed by atoms with Gasteiger partial charge < -0.3 is 10.3 Å². The second-order valence-corrected chi connectivity index (χ2v) is 5.26. The Bertz CT molecular complexity index is 471. The fourth-order valence-corrected chi connectivity index (χ4v) is 2.57. The molecule has 0 saturated heterocycles. The monoisotopic (exact) mass is 267 g/mol. The van der Waals surface area contributed by atoms with Gasteiger partial charge in [-0.15, -0.1) is 11.8 Å². The number of anilines is 1. The van der Waals surface area contributed by atoms with E-state index in [0.29, 0.717) is 10.7 Å². The lowest BCUT2D eigenvalue weighted by Crippen LogP contribution is -1.95. The molecule has 0 aliphatic heterocycles. The smallest absolute Gasteiger partial charge is 0.0945 e. The number of thioether (sulfide) groups is 1. The zero-order chi connectivity index (χ0) is 12.1. The van der Waals surface area contributed by atoms with Gasteiger partial charge in [0.1, 0.15) is 0 Å². The van der Waals surface area contributed by atoms with Gasteiger partial charge in [-0.25, -0.2) is 4.98 Å². The summed E-state index contributed by atoms with van der Waals surface area (Å²) in [5.41, 5.74) is 6.29. The maximum Gasteiger partial charge on any atom is 0.0945 e. The average Bonchev–Trinajstić information content (AvgIpc) is 2.82. The lowest BCUT2D eigenvalue weighted by atomic mass is 10.3. The third-order valence-electron chi connectivity index (χ3n) is 2.36. The van der Waals surface area contributed by atoms with Gasteiger partial charge in [-0.2, -0.15) is 0 Å². The molecule has 0 saturated carbocycles. The molecule has 2 N–H and O–H groups in total. The number of nitrogens with zero attached hydrogens (tertiary/aromatic N) is 2. The van der Waals surface area contributed by atoms with Crippen LogP contribution in [-0.4, -0.2) is 15.3 Å². The lowest BCUT2D eigenvalue weighted by molar-refractivity contribution is 0.683. The van der Waals surface area contributed by atoms with Gasteiger partial charge in [-0.1, -0.05) is 11.6 Å². The Hall–Kier alpha value is -1.13. The van der Waals surface area contributed by atoms with Crippen molar-refractivity contribution in [2.24, 2.45) is 0 Å². The molecule has 3 nitrogen and oxygen atoms in total. The highest BCUT2D eigenvalue weighted by atomic mass is 35.5. The van der Waals surface area contributed by atoms with Crippen LogP contribution in [0.2, 0.25) is 5.02 Å². The Balaban J connectivity index is 1.76. The van der Waals surface area contributed by atoms with Crippen molar-refractivity contribution in [3.8, 4) is 0 Å². The highest BCUT2D eigenvalue weighted by Crippen LogP contribution is 2.26. The van der Waals surface area contributed by atoms with Crippen LogP contribution < -0.4 is 5.73 Å². The van der Waals surface area contributed by atoms with E-state index >= 15 is 0 Å². The zero-order valence-electron chi connectivity index (χ0n) is 9.34. The molecule has 0 aliphatic carbocycles. The van der Waals surface area contributed by atoms with Crippen molar-refractivity contribution in [3.05, 3.63) is 41.9 Å². The van der Waals surface area contributed by atoms with Crippen molar-refractivity contribution in [1.29, 1.82) is 0 Å². The Morgan fingerprint density at radius 3 is 3.00 bits per heavy atom. The summed E-state index contributed by atoms with van der Waals surface area (Å²) < 4.78 is 2.08. The van der Waals surface area contributed by atoms with Gasteiger partial charge in [0.2, 0.25) is 0 Å². The van der Waals surface area contributed by atoms with Crippen molar-refractivity contribution in [2.45, 2.75) is 17.9 Å². The second kappa shape index (κ2) is 5.98. The molecule has 1 heterocycles. The molecule has 90 valence electrons. The topological polar surface area (TPSA) is 43.8 Å². The summed E-state index contributed by atoms with van der Waals surface area (Å²) >= 11 is 7.75. The summed E-state index contributed by atoms with van der Waals surface area (Å²) in [6, 6.07) is 5.77. The molecule has 0 aliphatic rings. The first-order valence-electron chi connectivity index (χ1n) is 5.39. The number of hydrogen-bond donors (Lipinski definition) is 1. The van der Waals surface area contributed by atoms with E-state index in [9.17, 15) is 0 Å². The van der Waals surface area contributed by atoms with Crippen LogP contribution in [0, 0.1) is 0 Å². The first-order chi connectivity index (χ1) is 8.25. The van der Waals surface area contributed by atoms with Crippen molar-refractivity contribution < 1.29 is 0 Å². The molecule has 0 unspecified atom stereocenters. The molecule has 0 bridgehead atoms. The van der Waals surface area contributed by atoms with Crippen LogP contribution in [0.5, 0.6) is 0 Å². The minimum Gasteiger partial charge on any atom is -0.398 e. The Morgan fingerprint density at radius 2 is 2.29 bits per heavy atom. The van der Waals surface area contributed by atoms with Crippen LogP contribution in [0.15, 0.2) is 41.8 Å². The highest BCUT2D eigenvalue weighted by molar-refractivity contribution is 7.99. The van der Waals surface area contributed by atoms with Gasteiger partial charge in [-0.3, -0.25) is 0 Å². The number of aryl methyl sites for hydroxylation is 1. The standard InChI is InChI=1S/C12H14ClN3S/c13-11-8-10(2-3-12(11)14)17-7-1-5-16-6-4-15-9-16/h2-4,6,8-9H,1,5,7,14H2. The van der Waals surface area contributed by atoms with Gasteiger partial charge >= 0.3 is 0 Å². The van der Waals surface area contributed by atoms with E-state index in [2.05, 4.69) is 9.55 Å². The van der Waals surface area contributed by atoms with Crippen LogP contribution in [0.3, 0.4) is 0 Å². The normalized spacial score (nSPS) is 10.6. The van der Waals surface area contributed by atoms with Gasteiger partial charge in [0.25, 0.3) is 0 Å². The van der Waals surface area contributed by atoms with Crippen LogP contribution in [0.1, 0.15) is 6.42 Å². The molecule has 1 aromatic heterocycles. The van der Waals surface area contributed by atoms with Gasteiger partial charge in [0.15, 0.2) is 0 Å². The molecule has 0 fully saturated rings. The third kappa shape index (κ3) is 3.68. The molecule has 2 rings (SSSR count). The first-order valence-corrected chi connectivity index (χ1v) is 6.75. The Kier molecular flexibility index (Phi) is 4.34. The summed E-state index contributed by atoms with van der Waals surface area (Å²) in [6.45, 7) is 0.996. The zero-order valence-corrected chi connectivity index (χ0v) is 10.9. The Morgan fingerprint density at radius 1 is 1.41 bits per heavy atom. The van der Waals surface area contributed by atoms with Gasteiger partial charge in [-0.05, 0) is 30.4 Å². The Labute approximate surface area is 110 Å². The van der Waals surface area contributed by atoms with Gasteiger partial charge in [0.05, 0.1) is 17.0 Å². The predicted octanol–water partition coefficient (Wildman–Crippen LogP) is 3.30. The van der Waals surface area contributed by atoms with E-state index in [4.69, 9.17) is 17.3 Å². The number of halogens is 1. The third-order valence-corrected chi connectivity index (χ3v) is 3.77. The molecule has 17 heavy (non-hydrogen) atoms. The molecule has 0 amide bonds. The quantitative estimate of drug-likeness (QED) is 0.514. The molecule has 0 spiro atoms. The summed E-state index contributed by atoms with van der Waals surface area (Å²) in [5, 5.41) is 0.629. The van der Waals surface area contributed by atoms with E-state index < -0.39 is 0 Å². The van der Waals surface area contributed by atoms with Crippen LogP contribution in [0.25, 0.3) is 0 Å². The molecular weight excluding hydrogens is 254 g/mol. The van der Waals surface area contributed by atoms with E-state index in [1.54, 1.807) is 18.0 Å². The SMILES string of the molecule is Nc1ccc(SCCCn2ccnc2)cc1Cl. The number of benzene rings is 1. The van der Waals surface area contributed by atoms with E-state index in [-0.39, 0.29) is 0 Å². The van der Waals surface area contributed by atoms with Crippen molar-refractivity contribution in [2.75, 3.05) is 11.5 Å². The molecule has 2 aromatic rings. The van der Waals surface area contributed by atoms with Crippen molar-refractivity contribution in [3.63, 3.8) is 0 Å². The number of nitrogen functional groups attached to an aromatic ring is 1. The largest absolute Gasteiger partial charge is 0.398 e. The van der Waals surface area contributed by atoms with E-state index in [0.717, 1.165) is 23.6 Å². The summed E-state index contributed by atoms with van der Waals surface area (Å²) in [6.07, 6.45) is 6.71. The molecule has 0 atom stereocenters. The van der Waals surface area contributed by atoms with Gasteiger partial charge in [0, 0.05) is 23.8 Å². The van der Waals surface area contributed by atoms with Crippen molar-refractivity contribution in [1.82, 2.24) is 9.55 Å². The maximum absolute atomic E-state index is 5.96. The molecule has 5 heteroatoms. The van der Waals surface area contributed by atoms with E-state index in [1.807, 2.05) is 30.7 Å². The molecule has 0 radical (unpaired) electrons. The van der Waals surface area contributed by atoms with Crippen LogP contribution in [-0.2, 0) is 6.54 Å². The van der Waals surface area contributed by atoms with Crippen molar-refractivity contribution >= 4 is 29.1 Å². The summed E-state index contributed by atoms with van der Waals surface area (Å²) in [4.78, 5) is 5.17. The average molecular weight is 268 g/mol. The highest BCUT2D eigenvalue weighted by Gasteiger charge is 1.99.